The van der Waals surface area contributed by atoms with E-state index < -0.39 is 5.91 Å². The summed E-state index contributed by atoms with van der Waals surface area (Å²) in [5.74, 6) is -0.152. The van der Waals surface area contributed by atoms with Crippen LogP contribution < -0.4 is 10.9 Å². The van der Waals surface area contributed by atoms with Gasteiger partial charge in [-0.15, -0.1) is 0 Å². The number of carbonyl (C=O) groups is 2. The molecule has 2 aliphatic heterocycles. The molecule has 1 N–H and O–H groups in total. The van der Waals surface area contributed by atoms with Crippen LogP contribution in [0.2, 0.25) is 0 Å². The fourth-order valence-corrected chi connectivity index (χ4v) is 4.57. The van der Waals surface area contributed by atoms with Crippen molar-refractivity contribution in [3.05, 3.63) is 88.4 Å². The Morgan fingerprint density at radius 3 is 2.61 bits per heavy atom. The van der Waals surface area contributed by atoms with E-state index in [-0.39, 0.29) is 34.7 Å². The highest BCUT2D eigenvalue weighted by Gasteiger charge is 2.37. The van der Waals surface area contributed by atoms with Crippen molar-refractivity contribution in [2.75, 3.05) is 18.4 Å². The lowest BCUT2D eigenvalue weighted by Crippen LogP contribution is -2.49. The molecular formula is C23H21N5O3. The molecule has 3 aromatic rings. The van der Waals surface area contributed by atoms with Crippen LogP contribution in [0.3, 0.4) is 0 Å². The Labute approximate surface area is 178 Å². The monoisotopic (exact) mass is 415 g/mol. The number of anilines is 1. The van der Waals surface area contributed by atoms with Crippen molar-refractivity contribution in [2.24, 2.45) is 5.92 Å². The summed E-state index contributed by atoms with van der Waals surface area (Å²) in [6.07, 6.45) is 5.21. The number of amides is 2. The Kier molecular flexibility index (Phi) is 4.82. The molecule has 2 amide bonds. The molecule has 0 radical (unpaired) electrons. The molecule has 0 saturated carbocycles. The highest BCUT2D eigenvalue weighted by atomic mass is 16.2. The summed E-state index contributed by atoms with van der Waals surface area (Å²) >= 11 is 0. The van der Waals surface area contributed by atoms with Crippen molar-refractivity contribution in [1.29, 1.82) is 0 Å². The predicted octanol–water partition coefficient (Wildman–Crippen LogP) is 2.15. The van der Waals surface area contributed by atoms with Gasteiger partial charge in [0.05, 0.1) is 6.20 Å². The number of benzene rings is 1. The highest BCUT2D eigenvalue weighted by Crippen LogP contribution is 2.36. The van der Waals surface area contributed by atoms with Gasteiger partial charge in [0.25, 0.3) is 17.4 Å². The van der Waals surface area contributed by atoms with Crippen molar-refractivity contribution in [2.45, 2.75) is 18.9 Å². The van der Waals surface area contributed by atoms with Crippen LogP contribution >= 0.6 is 0 Å². The fourth-order valence-electron chi connectivity index (χ4n) is 4.57. The molecule has 1 fully saturated rings. The first kappa shape index (κ1) is 19.2. The zero-order valence-electron chi connectivity index (χ0n) is 16.8. The Morgan fingerprint density at radius 1 is 1.00 bits per heavy atom. The van der Waals surface area contributed by atoms with E-state index in [2.05, 4.69) is 15.3 Å². The van der Waals surface area contributed by atoms with E-state index in [0.29, 0.717) is 25.2 Å². The van der Waals surface area contributed by atoms with Crippen LogP contribution in [-0.2, 0) is 6.54 Å². The molecule has 2 aliphatic rings. The molecule has 2 bridgehead atoms. The topological polar surface area (TPSA) is 97.2 Å². The van der Waals surface area contributed by atoms with Gasteiger partial charge in [0, 0.05) is 49.2 Å². The first-order valence-corrected chi connectivity index (χ1v) is 10.3. The van der Waals surface area contributed by atoms with E-state index in [1.165, 1.54) is 18.6 Å². The average Bonchev–Trinajstić information content (AvgIpc) is 2.81. The molecule has 5 rings (SSSR count). The fraction of sp³-hybridized carbons (Fsp3) is 0.261. The van der Waals surface area contributed by atoms with Gasteiger partial charge in [-0.05, 0) is 36.6 Å². The highest BCUT2D eigenvalue weighted by molar-refractivity contribution is 6.02. The van der Waals surface area contributed by atoms with E-state index >= 15 is 0 Å². The van der Waals surface area contributed by atoms with Gasteiger partial charge in [0.2, 0.25) is 0 Å². The Morgan fingerprint density at radius 2 is 1.84 bits per heavy atom. The maximum absolute atomic E-state index is 13.1. The normalized spacial score (nSPS) is 19.4. The number of pyridine rings is 1. The maximum atomic E-state index is 13.1. The van der Waals surface area contributed by atoms with Crippen LogP contribution in [0, 0.1) is 5.92 Å². The van der Waals surface area contributed by atoms with Crippen molar-refractivity contribution < 1.29 is 9.59 Å². The third-order valence-electron chi connectivity index (χ3n) is 5.96. The summed E-state index contributed by atoms with van der Waals surface area (Å²) in [6.45, 7) is 1.72. The lowest BCUT2D eigenvalue weighted by molar-refractivity contribution is 0.0594. The zero-order valence-corrected chi connectivity index (χ0v) is 16.8. The van der Waals surface area contributed by atoms with Crippen molar-refractivity contribution in [3.63, 3.8) is 0 Å². The smallest absolute Gasteiger partial charge is 0.276 e. The van der Waals surface area contributed by atoms with Gasteiger partial charge in [-0.3, -0.25) is 19.4 Å². The molecular weight excluding hydrogens is 394 g/mol. The van der Waals surface area contributed by atoms with E-state index in [1.54, 1.807) is 10.6 Å². The molecule has 0 aliphatic carbocycles. The summed E-state index contributed by atoms with van der Waals surface area (Å²) in [6, 6.07) is 12.8. The molecule has 0 unspecified atom stereocenters. The van der Waals surface area contributed by atoms with Crippen LogP contribution in [-0.4, -0.2) is 44.3 Å². The van der Waals surface area contributed by atoms with Gasteiger partial charge < -0.3 is 14.8 Å². The molecule has 8 heteroatoms. The number of piperidine rings is 1. The minimum atomic E-state index is -0.471. The van der Waals surface area contributed by atoms with E-state index in [0.717, 1.165) is 12.1 Å². The van der Waals surface area contributed by atoms with E-state index in [1.807, 2.05) is 41.3 Å². The summed E-state index contributed by atoms with van der Waals surface area (Å²) in [5, 5.41) is 2.65. The van der Waals surface area contributed by atoms with Gasteiger partial charge in [-0.2, -0.15) is 0 Å². The molecule has 0 spiro atoms. The summed E-state index contributed by atoms with van der Waals surface area (Å²) in [4.78, 5) is 48.1. The minimum Gasteiger partial charge on any atom is -0.338 e. The molecule has 2 atom stereocenters. The van der Waals surface area contributed by atoms with Gasteiger partial charge in [0.1, 0.15) is 11.4 Å². The summed E-state index contributed by atoms with van der Waals surface area (Å²) in [5.41, 5.74) is 1.73. The summed E-state index contributed by atoms with van der Waals surface area (Å²) in [7, 11) is 0. The molecule has 1 aromatic carbocycles. The average molecular weight is 415 g/mol. The largest absolute Gasteiger partial charge is 0.338 e. The number of nitrogens with one attached hydrogen (secondary N) is 1. The van der Waals surface area contributed by atoms with Crippen molar-refractivity contribution in [1.82, 2.24) is 19.4 Å². The van der Waals surface area contributed by atoms with Gasteiger partial charge >= 0.3 is 0 Å². The van der Waals surface area contributed by atoms with Crippen LogP contribution in [0.1, 0.15) is 38.9 Å². The van der Waals surface area contributed by atoms with Crippen LogP contribution in [0.15, 0.2) is 65.8 Å². The number of likely N-dealkylation sites (tertiary alicyclic amines) is 1. The number of hydrogen-bond acceptors (Lipinski definition) is 5. The first-order chi connectivity index (χ1) is 15.1. The van der Waals surface area contributed by atoms with Gasteiger partial charge in [-0.25, -0.2) is 4.98 Å². The second-order valence-electron chi connectivity index (χ2n) is 8.01. The number of carbonyl (C=O) groups excluding carboxylic acids is 2. The molecule has 1 saturated heterocycles. The van der Waals surface area contributed by atoms with Crippen LogP contribution in [0.25, 0.3) is 0 Å². The van der Waals surface area contributed by atoms with Crippen LogP contribution in [0.4, 0.5) is 5.69 Å². The lowest BCUT2D eigenvalue weighted by Gasteiger charge is -2.43. The van der Waals surface area contributed by atoms with E-state index in [9.17, 15) is 14.4 Å². The lowest BCUT2D eigenvalue weighted by atomic mass is 9.83. The number of aromatic nitrogens is 3. The van der Waals surface area contributed by atoms with E-state index in [4.69, 9.17) is 0 Å². The second kappa shape index (κ2) is 7.79. The molecule has 156 valence electrons. The Bertz CT molecular complexity index is 1190. The SMILES string of the molecule is O=C(Nc1ccc2n(c1=O)C[C@H]1C[C@@H]2CN(C(=O)c2ccccc2)C1)c1cnccn1. The number of fused-ring (bicyclic) bond motifs is 4. The Balaban J connectivity index is 1.39. The molecule has 4 heterocycles. The van der Waals surface area contributed by atoms with Crippen molar-refractivity contribution >= 4 is 17.5 Å². The van der Waals surface area contributed by atoms with Crippen molar-refractivity contribution in [3.8, 4) is 0 Å². The standard InChI is InChI=1S/C23H21N5O3/c29-21(19-11-24-8-9-25-19)26-18-6-7-20-17-10-15(13-28(20)23(18)31)12-27(14-17)22(30)16-4-2-1-3-5-16/h1-9,11,15,17H,10,12-14H2,(H,26,29)/t15-,17+/m0/s1. The summed E-state index contributed by atoms with van der Waals surface area (Å²) < 4.78 is 1.75. The Hall–Kier alpha value is -3.81. The minimum absolute atomic E-state index is 0.0268. The molecule has 2 aromatic heterocycles. The number of rotatable bonds is 3. The quantitative estimate of drug-likeness (QED) is 0.707. The van der Waals surface area contributed by atoms with Gasteiger partial charge in [0.15, 0.2) is 0 Å². The van der Waals surface area contributed by atoms with Gasteiger partial charge in [-0.1, -0.05) is 18.2 Å². The second-order valence-corrected chi connectivity index (χ2v) is 8.01. The third-order valence-corrected chi connectivity index (χ3v) is 5.96. The third kappa shape index (κ3) is 3.61. The van der Waals surface area contributed by atoms with Crippen LogP contribution in [0.5, 0.6) is 0 Å². The molecule has 8 nitrogen and oxygen atoms in total. The first-order valence-electron chi connectivity index (χ1n) is 10.3. The number of nitrogens with zero attached hydrogens (tertiary/aromatic N) is 4. The predicted molar refractivity (Wildman–Crippen MR) is 114 cm³/mol. The molecule has 31 heavy (non-hydrogen) atoms. The maximum Gasteiger partial charge on any atom is 0.276 e. The zero-order chi connectivity index (χ0) is 21.4. The number of hydrogen-bond donors (Lipinski definition) is 1.